The predicted octanol–water partition coefficient (Wildman–Crippen LogP) is 12.7. The van der Waals surface area contributed by atoms with E-state index in [1.807, 2.05) is 29.1 Å². The van der Waals surface area contributed by atoms with Gasteiger partial charge in [-0.2, -0.15) is 4.68 Å². The maximum Gasteiger partial charge on any atom is 0.212 e. The molecular formula is C51H61N5O. The Balaban J connectivity index is 1.32. The van der Waals surface area contributed by atoms with E-state index in [4.69, 9.17) is 14.8 Å². The van der Waals surface area contributed by atoms with Gasteiger partial charge < -0.3 is 9.30 Å². The van der Waals surface area contributed by atoms with Crippen LogP contribution in [-0.2, 0) is 27.1 Å². The lowest BCUT2D eigenvalue weighted by Crippen LogP contribution is -2.40. The summed E-state index contributed by atoms with van der Waals surface area (Å²) >= 11 is 0. The summed E-state index contributed by atoms with van der Waals surface area (Å²) in [5.41, 5.74) is 8.96. The molecule has 3 heterocycles. The number of benzene rings is 4. The van der Waals surface area contributed by atoms with Gasteiger partial charge in [-0.3, -0.25) is 4.57 Å². The highest BCUT2D eigenvalue weighted by atomic mass is 16.5. The molecule has 6 heteroatoms. The number of pyridine rings is 1. The van der Waals surface area contributed by atoms with Gasteiger partial charge in [0.05, 0.1) is 16.7 Å². The van der Waals surface area contributed by atoms with Crippen molar-refractivity contribution >= 4 is 21.8 Å². The van der Waals surface area contributed by atoms with Crippen molar-refractivity contribution < 1.29 is 9.30 Å². The minimum absolute atomic E-state index is 0.0140. The average molecular weight is 760 g/mol. The van der Waals surface area contributed by atoms with Crippen LogP contribution in [0.25, 0.3) is 39.0 Å². The number of aromatic nitrogens is 5. The molecule has 0 amide bonds. The van der Waals surface area contributed by atoms with Gasteiger partial charge in [-0.25, -0.2) is 4.98 Å². The fraction of sp³-hybridized carbons (Fsp3) is 0.392. The molecule has 0 aliphatic carbocycles. The highest BCUT2D eigenvalue weighted by Gasteiger charge is 2.28. The highest BCUT2D eigenvalue weighted by Crippen LogP contribution is 2.38. The SMILES string of the molecule is CC(C)(C)c1cc(-[n+]2[c-]n(-c3cccc(Oc4ccc5c6cc(C(C)(C)C)ccc6n(-c6cc(C(C)(C)C)ccn6)c5c4)c3)nc2C(C)(C)C)cc(C(C)(C)C)c1. The van der Waals surface area contributed by atoms with Gasteiger partial charge in [-0.1, -0.05) is 140 Å². The first-order chi connectivity index (χ1) is 26.4. The van der Waals surface area contributed by atoms with Crippen LogP contribution < -0.4 is 9.30 Å². The van der Waals surface area contributed by atoms with Gasteiger partial charge in [0.25, 0.3) is 0 Å². The van der Waals surface area contributed by atoms with Crippen LogP contribution in [0.1, 0.15) is 132 Å². The van der Waals surface area contributed by atoms with E-state index in [1.165, 1.54) is 27.6 Å². The second-order valence-corrected chi connectivity index (χ2v) is 20.9. The standard InChI is InChI=1S/C51H61N5O/c1-47(2,3)33-19-22-43-42(28-33)41-21-20-40(31-44(41)56(43)45-29-34(23-24-52-45)48(4,5)6)57-39-18-16-17-37(30-39)55-32-54(46(53-55)51(13,14)15)38-26-35(49(7,8)9)25-36(27-38)50(10,11)12/h16-31H,1-15H3. The average Bonchev–Trinajstić information content (AvgIpc) is 3.71. The van der Waals surface area contributed by atoms with Gasteiger partial charge in [0.1, 0.15) is 17.3 Å². The zero-order valence-electron chi connectivity index (χ0n) is 36.9. The van der Waals surface area contributed by atoms with E-state index in [2.05, 4.69) is 192 Å². The molecule has 7 rings (SSSR count). The summed E-state index contributed by atoms with van der Waals surface area (Å²) in [6.07, 6.45) is 5.55. The number of rotatable bonds is 5. The monoisotopic (exact) mass is 759 g/mol. The Morgan fingerprint density at radius 2 is 1.14 bits per heavy atom. The molecule has 57 heavy (non-hydrogen) atoms. The molecule has 0 spiro atoms. The third kappa shape index (κ3) is 8.01. The Labute approximate surface area is 340 Å². The van der Waals surface area contributed by atoms with Gasteiger partial charge in [-0.15, -0.1) is 0 Å². The van der Waals surface area contributed by atoms with Crippen LogP contribution in [0.5, 0.6) is 11.5 Å². The predicted molar refractivity (Wildman–Crippen MR) is 236 cm³/mol. The van der Waals surface area contributed by atoms with Crippen molar-refractivity contribution in [3.05, 3.63) is 132 Å². The van der Waals surface area contributed by atoms with E-state index in [0.717, 1.165) is 50.9 Å². The summed E-state index contributed by atoms with van der Waals surface area (Å²) in [5.74, 6) is 3.28. The Morgan fingerprint density at radius 3 is 1.75 bits per heavy atom. The Hall–Kier alpha value is -5.23. The van der Waals surface area contributed by atoms with Crippen molar-refractivity contribution in [1.82, 2.24) is 19.3 Å². The van der Waals surface area contributed by atoms with Gasteiger partial charge in [0.15, 0.2) is 0 Å². The van der Waals surface area contributed by atoms with Crippen LogP contribution in [0.4, 0.5) is 0 Å². The smallest absolute Gasteiger partial charge is 0.212 e. The fourth-order valence-electron chi connectivity index (χ4n) is 7.29. The summed E-state index contributed by atoms with van der Waals surface area (Å²) < 4.78 is 13.0. The van der Waals surface area contributed by atoms with Crippen molar-refractivity contribution in [2.45, 2.75) is 131 Å². The minimum Gasteiger partial charge on any atom is -0.458 e. The number of nitrogens with zero attached hydrogens (tertiary/aromatic N) is 5. The molecule has 296 valence electrons. The molecule has 4 aromatic carbocycles. The summed E-state index contributed by atoms with van der Waals surface area (Å²) in [4.78, 5) is 4.91. The summed E-state index contributed by atoms with van der Waals surface area (Å²) in [7, 11) is 0. The number of fused-ring (bicyclic) bond motifs is 3. The molecule has 0 saturated heterocycles. The molecule has 3 aromatic heterocycles. The first-order valence-corrected chi connectivity index (χ1v) is 20.3. The summed E-state index contributed by atoms with van der Waals surface area (Å²) in [5, 5.41) is 7.54. The van der Waals surface area contributed by atoms with Crippen molar-refractivity contribution in [1.29, 1.82) is 0 Å². The third-order valence-electron chi connectivity index (χ3n) is 10.9. The first-order valence-electron chi connectivity index (χ1n) is 20.3. The molecule has 0 saturated carbocycles. The van der Waals surface area contributed by atoms with E-state index in [1.54, 1.807) is 0 Å². The number of hydrogen-bond donors (Lipinski definition) is 0. The molecule has 0 atom stereocenters. The molecule has 0 radical (unpaired) electrons. The molecular weight excluding hydrogens is 699 g/mol. The largest absolute Gasteiger partial charge is 0.458 e. The minimum atomic E-state index is -0.238. The molecule has 0 N–H and O–H groups in total. The van der Waals surface area contributed by atoms with E-state index < -0.39 is 0 Å². The van der Waals surface area contributed by atoms with Gasteiger partial charge in [0, 0.05) is 34.1 Å². The molecule has 7 aromatic rings. The van der Waals surface area contributed by atoms with Crippen molar-refractivity contribution in [3.63, 3.8) is 0 Å². The quantitative estimate of drug-likeness (QED) is 0.130. The maximum atomic E-state index is 6.69. The summed E-state index contributed by atoms with van der Waals surface area (Å²) in [6, 6.07) is 32.6. The Bertz CT molecular complexity index is 2590. The van der Waals surface area contributed by atoms with E-state index in [0.29, 0.717) is 0 Å². The first kappa shape index (κ1) is 40.0. The normalized spacial score (nSPS) is 13.2. The van der Waals surface area contributed by atoms with E-state index in [9.17, 15) is 0 Å². The van der Waals surface area contributed by atoms with Gasteiger partial charge >= 0.3 is 0 Å². The number of hydrogen-bond acceptors (Lipinski definition) is 3. The van der Waals surface area contributed by atoms with Crippen molar-refractivity contribution in [3.8, 4) is 28.7 Å². The Kier molecular flexibility index (Phi) is 9.62. The molecule has 0 bridgehead atoms. The second kappa shape index (κ2) is 13.7. The zero-order chi connectivity index (χ0) is 41.5. The lowest BCUT2D eigenvalue weighted by molar-refractivity contribution is -0.613. The van der Waals surface area contributed by atoms with Crippen LogP contribution in [0.15, 0.2) is 97.2 Å². The van der Waals surface area contributed by atoms with E-state index in [-0.39, 0.29) is 27.1 Å². The van der Waals surface area contributed by atoms with Crippen molar-refractivity contribution in [2.24, 2.45) is 0 Å². The van der Waals surface area contributed by atoms with Gasteiger partial charge in [0.2, 0.25) is 12.2 Å². The number of ether oxygens (including phenoxy) is 1. The van der Waals surface area contributed by atoms with Gasteiger partial charge in [-0.05, 0) is 97.5 Å². The lowest BCUT2D eigenvalue weighted by atomic mass is 9.80. The maximum absolute atomic E-state index is 6.69. The topological polar surface area (TPSA) is 48.8 Å². The Morgan fingerprint density at radius 1 is 0.526 bits per heavy atom. The van der Waals surface area contributed by atoms with Crippen LogP contribution >= 0.6 is 0 Å². The lowest BCUT2D eigenvalue weighted by Gasteiger charge is -2.27. The van der Waals surface area contributed by atoms with Crippen LogP contribution in [-0.4, -0.2) is 19.3 Å². The molecule has 0 fully saturated rings. The van der Waals surface area contributed by atoms with Crippen molar-refractivity contribution in [2.75, 3.05) is 0 Å². The molecule has 6 nitrogen and oxygen atoms in total. The van der Waals surface area contributed by atoms with Crippen LogP contribution in [0.2, 0.25) is 0 Å². The third-order valence-corrected chi connectivity index (χ3v) is 10.9. The van der Waals surface area contributed by atoms with Crippen LogP contribution in [0, 0.1) is 6.33 Å². The second-order valence-electron chi connectivity index (χ2n) is 20.9. The molecule has 0 unspecified atom stereocenters. The van der Waals surface area contributed by atoms with E-state index >= 15 is 0 Å². The van der Waals surface area contributed by atoms with Crippen LogP contribution in [0.3, 0.4) is 0 Å². The summed E-state index contributed by atoms with van der Waals surface area (Å²) in [6.45, 7) is 33.8. The zero-order valence-corrected chi connectivity index (χ0v) is 36.9. The molecule has 0 aliphatic heterocycles. The molecule has 0 aliphatic rings. The highest BCUT2D eigenvalue weighted by molar-refractivity contribution is 6.09. The fourth-order valence-corrected chi connectivity index (χ4v) is 7.29.